The molecule has 0 bridgehead atoms. The van der Waals surface area contributed by atoms with Gasteiger partial charge in [-0.25, -0.2) is 4.98 Å². The van der Waals surface area contributed by atoms with Crippen LogP contribution in [0.15, 0.2) is 22.8 Å². The van der Waals surface area contributed by atoms with Crippen LogP contribution in [-0.4, -0.2) is 54.0 Å². The Labute approximate surface area is 125 Å². The maximum absolute atomic E-state index is 12.2. The van der Waals surface area contributed by atoms with Gasteiger partial charge in [-0.15, -0.1) is 0 Å². The SMILES string of the molecule is CC(NC(=O)c1cccc(Br)n1)C(=O)N1CCOCC1. The van der Waals surface area contributed by atoms with E-state index in [0.29, 0.717) is 30.9 Å². The number of morpholine rings is 1. The van der Waals surface area contributed by atoms with Crippen LogP contribution in [0.3, 0.4) is 0 Å². The molecule has 0 aromatic carbocycles. The Kier molecular flexibility index (Phi) is 5.08. The van der Waals surface area contributed by atoms with Crippen LogP contribution < -0.4 is 5.32 Å². The van der Waals surface area contributed by atoms with Crippen LogP contribution in [0.25, 0.3) is 0 Å². The van der Waals surface area contributed by atoms with Crippen molar-refractivity contribution in [3.63, 3.8) is 0 Å². The standard InChI is InChI=1S/C13H16BrN3O3/c1-9(13(19)17-5-7-20-8-6-17)15-12(18)10-3-2-4-11(14)16-10/h2-4,9H,5-8H2,1H3,(H,15,18). The van der Waals surface area contributed by atoms with Gasteiger partial charge in [-0.3, -0.25) is 9.59 Å². The molecule has 1 N–H and O–H groups in total. The summed E-state index contributed by atoms with van der Waals surface area (Å²) in [6.45, 7) is 3.88. The monoisotopic (exact) mass is 341 g/mol. The number of carbonyl (C=O) groups excluding carboxylic acids is 2. The highest BCUT2D eigenvalue weighted by atomic mass is 79.9. The molecule has 1 fully saturated rings. The second-order valence-electron chi connectivity index (χ2n) is 4.48. The normalized spacial score (nSPS) is 16.6. The quantitative estimate of drug-likeness (QED) is 0.826. The summed E-state index contributed by atoms with van der Waals surface area (Å²) >= 11 is 3.21. The number of hydrogen-bond donors (Lipinski definition) is 1. The van der Waals surface area contributed by atoms with Crippen molar-refractivity contribution in [3.8, 4) is 0 Å². The molecule has 1 unspecified atom stereocenters. The maximum Gasteiger partial charge on any atom is 0.270 e. The lowest BCUT2D eigenvalue weighted by atomic mass is 10.2. The van der Waals surface area contributed by atoms with Crippen molar-refractivity contribution < 1.29 is 14.3 Å². The van der Waals surface area contributed by atoms with E-state index in [1.807, 2.05) is 0 Å². The van der Waals surface area contributed by atoms with Crippen molar-refractivity contribution in [3.05, 3.63) is 28.5 Å². The number of nitrogens with zero attached hydrogens (tertiary/aromatic N) is 2. The predicted molar refractivity (Wildman–Crippen MR) is 76.3 cm³/mol. The molecule has 0 saturated carbocycles. The highest BCUT2D eigenvalue weighted by Crippen LogP contribution is 2.07. The zero-order valence-corrected chi connectivity index (χ0v) is 12.7. The number of carbonyl (C=O) groups is 2. The van der Waals surface area contributed by atoms with Gasteiger partial charge in [0.2, 0.25) is 5.91 Å². The van der Waals surface area contributed by atoms with Gasteiger partial charge in [0.15, 0.2) is 0 Å². The molecule has 0 radical (unpaired) electrons. The first-order valence-electron chi connectivity index (χ1n) is 6.38. The minimum Gasteiger partial charge on any atom is -0.378 e. The van der Waals surface area contributed by atoms with Crippen molar-refractivity contribution >= 4 is 27.7 Å². The van der Waals surface area contributed by atoms with Crippen LogP contribution in [0.1, 0.15) is 17.4 Å². The molecular formula is C13H16BrN3O3. The van der Waals surface area contributed by atoms with Gasteiger partial charge in [-0.05, 0) is 35.0 Å². The molecule has 1 aromatic heterocycles. The van der Waals surface area contributed by atoms with Crippen molar-refractivity contribution in [2.45, 2.75) is 13.0 Å². The fourth-order valence-electron chi connectivity index (χ4n) is 1.92. The zero-order valence-electron chi connectivity index (χ0n) is 11.1. The second-order valence-corrected chi connectivity index (χ2v) is 5.29. The van der Waals surface area contributed by atoms with Crippen molar-refractivity contribution in [1.82, 2.24) is 15.2 Å². The predicted octanol–water partition coefficient (Wildman–Crippen LogP) is 0.821. The fourth-order valence-corrected chi connectivity index (χ4v) is 2.27. The molecule has 2 heterocycles. The lowest BCUT2D eigenvalue weighted by molar-refractivity contribution is -0.136. The van der Waals surface area contributed by atoms with Gasteiger partial charge in [0, 0.05) is 13.1 Å². The van der Waals surface area contributed by atoms with E-state index in [0.717, 1.165) is 0 Å². The third-order valence-corrected chi connectivity index (χ3v) is 3.43. The Balaban J connectivity index is 1.94. The zero-order chi connectivity index (χ0) is 14.5. The summed E-state index contributed by atoms with van der Waals surface area (Å²) in [5, 5.41) is 2.67. The van der Waals surface area contributed by atoms with E-state index < -0.39 is 6.04 Å². The van der Waals surface area contributed by atoms with Crippen LogP contribution in [-0.2, 0) is 9.53 Å². The van der Waals surface area contributed by atoms with Gasteiger partial charge >= 0.3 is 0 Å². The molecule has 0 aliphatic carbocycles. The molecule has 6 nitrogen and oxygen atoms in total. The number of amides is 2. The van der Waals surface area contributed by atoms with E-state index in [1.54, 1.807) is 30.0 Å². The number of aromatic nitrogens is 1. The van der Waals surface area contributed by atoms with Crippen molar-refractivity contribution in [2.24, 2.45) is 0 Å². The van der Waals surface area contributed by atoms with Crippen molar-refractivity contribution in [2.75, 3.05) is 26.3 Å². The van der Waals surface area contributed by atoms with E-state index in [9.17, 15) is 9.59 Å². The molecule has 7 heteroatoms. The number of hydrogen-bond acceptors (Lipinski definition) is 4. The van der Waals surface area contributed by atoms with Crippen LogP contribution in [0.4, 0.5) is 0 Å². The summed E-state index contributed by atoms with van der Waals surface area (Å²) in [5.41, 5.74) is 0.279. The Bertz CT molecular complexity index is 503. The first kappa shape index (κ1) is 14.9. The molecule has 1 atom stereocenters. The summed E-state index contributed by atoms with van der Waals surface area (Å²) in [4.78, 5) is 29.9. The number of nitrogens with one attached hydrogen (secondary N) is 1. The molecule has 108 valence electrons. The first-order valence-corrected chi connectivity index (χ1v) is 7.17. The Morgan fingerprint density at radius 1 is 1.40 bits per heavy atom. The molecule has 1 aromatic rings. The number of rotatable bonds is 3. The molecule has 20 heavy (non-hydrogen) atoms. The topological polar surface area (TPSA) is 71.5 Å². The number of ether oxygens (including phenoxy) is 1. The third kappa shape index (κ3) is 3.77. The number of pyridine rings is 1. The second kappa shape index (κ2) is 6.81. The molecular weight excluding hydrogens is 326 g/mol. The highest BCUT2D eigenvalue weighted by Gasteiger charge is 2.24. The summed E-state index contributed by atoms with van der Waals surface area (Å²) in [7, 11) is 0. The molecule has 2 amide bonds. The van der Waals surface area contributed by atoms with E-state index in [4.69, 9.17) is 4.74 Å². The highest BCUT2D eigenvalue weighted by molar-refractivity contribution is 9.10. The molecule has 1 aliphatic heterocycles. The van der Waals surface area contributed by atoms with Gasteiger partial charge in [-0.2, -0.15) is 0 Å². The van der Waals surface area contributed by atoms with Gasteiger partial charge in [0.1, 0.15) is 16.3 Å². The summed E-state index contributed by atoms with van der Waals surface area (Å²) in [5.74, 6) is -0.461. The minimum atomic E-state index is -0.582. The number of halogens is 1. The average Bonchev–Trinajstić information content (AvgIpc) is 2.47. The Hall–Kier alpha value is -1.47. The lowest BCUT2D eigenvalue weighted by Crippen LogP contribution is -2.50. The van der Waals surface area contributed by atoms with Gasteiger partial charge in [0.05, 0.1) is 13.2 Å². The molecule has 1 saturated heterocycles. The van der Waals surface area contributed by atoms with Crippen LogP contribution in [0.5, 0.6) is 0 Å². The van der Waals surface area contributed by atoms with Crippen molar-refractivity contribution in [1.29, 1.82) is 0 Å². The Morgan fingerprint density at radius 2 is 2.10 bits per heavy atom. The van der Waals surface area contributed by atoms with Gasteiger partial charge < -0.3 is 15.0 Å². The van der Waals surface area contributed by atoms with Gasteiger partial charge in [-0.1, -0.05) is 6.07 Å². The van der Waals surface area contributed by atoms with E-state index in [1.165, 1.54) is 0 Å². The smallest absolute Gasteiger partial charge is 0.270 e. The fraction of sp³-hybridized carbons (Fsp3) is 0.462. The van der Waals surface area contributed by atoms with Crippen LogP contribution in [0.2, 0.25) is 0 Å². The molecule has 2 rings (SSSR count). The van der Waals surface area contributed by atoms with Crippen LogP contribution in [0, 0.1) is 0 Å². The summed E-state index contributed by atoms with van der Waals surface area (Å²) in [6, 6.07) is 4.48. The average molecular weight is 342 g/mol. The minimum absolute atomic E-state index is 0.100. The summed E-state index contributed by atoms with van der Waals surface area (Å²) in [6.07, 6.45) is 0. The lowest BCUT2D eigenvalue weighted by Gasteiger charge is -2.29. The van der Waals surface area contributed by atoms with E-state index in [-0.39, 0.29) is 17.5 Å². The van der Waals surface area contributed by atoms with Gasteiger partial charge in [0.25, 0.3) is 5.91 Å². The maximum atomic E-state index is 12.2. The summed E-state index contributed by atoms with van der Waals surface area (Å²) < 4.78 is 5.78. The van der Waals surface area contributed by atoms with E-state index >= 15 is 0 Å². The molecule has 1 aliphatic rings. The molecule has 0 spiro atoms. The first-order chi connectivity index (χ1) is 9.58. The third-order valence-electron chi connectivity index (χ3n) is 2.99. The Morgan fingerprint density at radius 3 is 2.75 bits per heavy atom. The largest absolute Gasteiger partial charge is 0.378 e. The van der Waals surface area contributed by atoms with E-state index in [2.05, 4.69) is 26.2 Å². The van der Waals surface area contributed by atoms with Crippen LogP contribution >= 0.6 is 15.9 Å².